The number of nitrogens with zero attached hydrogens (tertiary/aromatic N) is 2. The zero-order valence-corrected chi connectivity index (χ0v) is 9.74. The van der Waals surface area contributed by atoms with Crippen molar-refractivity contribution in [3.8, 4) is 0 Å². The molecule has 0 radical (unpaired) electrons. The zero-order chi connectivity index (χ0) is 10.7. The highest BCUT2D eigenvalue weighted by atomic mass is 15.1. The maximum atomic E-state index is 4.55. The molecule has 0 amide bonds. The number of pyridine rings is 1. The van der Waals surface area contributed by atoms with Crippen LogP contribution < -0.4 is 0 Å². The van der Waals surface area contributed by atoms with E-state index in [0.29, 0.717) is 5.41 Å². The predicted octanol–water partition coefficient (Wildman–Crippen LogP) is 2.46. The fourth-order valence-electron chi connectivity index (χ4n) is 2.51. The second-order valence-electron chi connectivity index (χ2n) is 4.65. The van der Waals surface area contributed by atoms with Gasteiger partial charge in [-0.25, -0.2) is 0 Å². The monoisotopic (exact) mass is 204 g/mol. The Morgan fingerprint density at radius 1 is 1.33 bits per heavy atom. The molecule has 82 valence electrons. The zero-order valence-electron chi connectivity index (χ0n) is 9.74. The van der Waals surface area contributed by atoms with Gasteiger partial charge in [-0.1, -0.05) is 13.0 Å². The lowest BCUT2D eigenvalue weighted by molar-refractivity contribution is 0.179. The smallest absolute Gasteiger partial charge is 0.0466 e. The van der Waals surface area contributed by atoms with Crippen LogP contribution in [0.1, 0.15) is 31.9 Å². The molecular formula is C13H20N2. The predicted molar refractivity (Wildman–Crippen MR) is 62.9 cm³/mol. The Kier molecular flexibility index (Phi) is 3.06. The van der Waals surface area contributed by atoms with Gasteiger partial charge in [0, 0.05) is 17.3 Å². The van der Waals surface area contributed by atoms with Gasteiger partial charge in [-0.15, -0.1) is 0 Å². The van der Waals surface area contributed by atoms with Crippen LogP contribution in [0.4, 0.5) is 0 Å². The van der Waals surface area contributed by atoms with Crippen molar-refractivity contribution in [2.24, 2.45) is 0 Å². The first-order chi connectivity index (χ1) is 7.27. The molecule has 0 aliphatic carbocycles. The Bertz CT molecular complexity index is 300. The second kappa shape index (κ2) is 4.31. The molecule has 0 aromatic carbocycles. The maximum absolute atomic E-state index is 4.55. The first kappa shape index (κ1) is 10.6. The maximum Gasteiger partial charge on any atom is 0.0466 e. The van der Waals surface area contributed by atoms with E-state index in [1.54, 1.807) is 0 Å². The summed E-state index contributed by atoms with van der Waals surface area (Å²) in [7, 11) is 2.21. The molecule has 2 rings (SSSR count). The summed E-state index contributed by atoms with van der Waals surface area (Å²) in [6, 6.07) is 6.30. The summed E-state index contributed by atoms with van der Waals surface area (Å²) >= 11 is 0. The first-order valence-corrected chi connectivity index (χ1v) is 5.87. The van der Waals surface area contributed by atoms with Gasteiger partial charge in [0.25, 0.3) is 0 Å². The minimum Gasteiger partial charge on any atom is -0.306 e. The minimum atomic E-state index is 0.341. The van der Waals surface area contributed by atoms with Crippen molar-refractivity contribution in [1.82, 2.24) is 9.88 Å². The normalized spacial score (nSPS) is 21.5. The van der Waals surface area contributed by atoms with E-state index in [0.717, 1.165) is 0 Å². The van der Waals surface area contributed by atoms with Gasteiger partial charge in [0.2, 0.25) is 0 Å². The van der Waals surface area contributed by atoms with Gasteiger partial charge in [0.05, 0.1) is 0 Å². The van der Waals surface area contributed by atoms with Gasteiger partial charge >= 0.3 is 0 Å². The van der Waals surface area contributed by atoms with E-state index >= 15 is 0 Å². The summed E-state index contributed by atoms with van der Waals surface area (Å²) in [4.78, 5) is 6.97. The molecule has 0 atom stereocenters. The summed E-state index contributed by atoms with van der Waals surface area (Å²) in [5.41, 5.74) is 1.63. The van der Waals surface area contributed by atoms with E-state index in [-0.39, 0.29) is 0 Å². The van der Waals surface area contributed by atoms with Crippen LogP contribution in [0, 0.1) is 0 Å². The van der Waals surface area contributed by atoms with Crippen LogP contribution in [-0.2, 0) is 5.41 Å². The molecule has 1 saturated heterocycles. The van der Waals surface area contributed by atoms with E-state index in [1.165, 1.54) is 38.0 Å². The van der Waals surface area contributed by atoms with Crippen molar-refractivity contribution in [2.45, 2.75) is 31.6 Å². The SMILES string of the molecule is CCC1(c2ccccn2)CCN(C)CC1. The van der Waals surface area contributed by atoms with E-state index in [9.17, 15) is 0 Å². The standard InChI is InChI=1S/C13H20N2/c1-3-13(7-10-15(2)11-8-13)12-6-4-5-9-14-12/h4-6,9H,3,7-8,10-11H2,1-2H3. The van der Waals surface area contributed by atoms with Crippen molar-refractivity contribution in [2.75, 3.05) is 20.1 Å². The van der Waals surface area contributed by atoms with E-state index < -0.39 is 0 Å². The molecule has 0 saturated carbocycles. The Morgan fingerprint density at radius 3 is 2.60 bits per heavy atom. The van der Waals surface area contributed by atoms with E-state index in [4.69, 9.17) is 0 Å². The molecule has 1 aliphatic rings. The summed E-state index contributed by atoms with van der Waals surface area (Å²) in [5, 5.41) is 0. The minimum absolute atomic E-state index is 0.341. The van der Waals surface area contributed by atoms with Crippen LogP contribution in [0.5, 0.6) is 0 Å². The highest BCUT2D eigenvalue weighted by Gasteiger charge is 2.34. The van der Waals surface area contributed by atoms with Crippen molar-refractivity contribution in [1.29, 1.82) is 0 Å². The molecule has 2 nitrogen and oxygen atoms in total. The van der Waals surface area contributed by atoms with Gasteiger partial charge in [-0.2, -0.15) is 0 Å². The lowest BCUT2D eigenvalue weighted by atomic mass is 9.73. The molecule has 2 heteroatoms. The quantitative estimate of drug-likeness (QED) is 0.735. The van der Waals surface area contributed by atoms with Crippen LogP contribution >= 0.6 is 0 Å². The first-order valence-electron chi connectivity index (χ1n) is 5.87. The fourth-order valence-corrected chi connectivity index (χ4v) is 2.51. The lowest BCUT2D eigenvalue weighted by Gasteiger charge is -2.39. The van der Waals surface area contributed by atoms with Gasteiger partial charge in [0.1, 0.15) is 0 Å². The van der Waals surface area contributed by atoms with Crippen molar-refractivity contribution in [3.05, 3.63) is 30.1 Å². The Labute approximate surface area is 92.3 Å². The van der Waals surface area contributed by atoms with Gasteiger partial charge in [-0.05, 0) is 51.5 Å². The van der Waals surface area contributed by atoms with Crippen molar-refractivity contribution < 1.29 is 0 Å². The van der Waals surface area contributed by atoms with Crippen LogP contribution in [0.2, 0.25) is 0 Å². The lowest BCUT2D eigenvalue weighted by Crippen LogP contribution is -2.40. The molecular weight excluding hydrogens is 184 g/mol. The molecule has 0 unspecified atom stereocenters. The van der Waals surface area contributed by atoms with Crippen molar-refractivity contribution >= 4 is 0 Å². The Morgan fingerprint density at radius 2 is 2.07 bits per heavy atom. The topological polar surface area (TPSA) is 16.1 Å². The Balaban J connectivity index is 2.23. The average molecular weight is 204 g/mol. The number of hydrogen-bond acceptors (Lipinski definition) is 2. The number of hydrogen-bond donors (Lipinski definition) is 0. The molecule has 15 heavy (non-hydrogen) atoms. The van der Waals surface area contributed by atoms with E-state index in [1.807, 2.05) is 12.3 Å². The third-order valence-electron chi connectivity index (χ3n) is 3.83. The van der Waals surface area contributed by atoms with Crippen LogP contribution in [0.3, 0.4) is 0 Å². The summed E-state index contributed by atoms with van der Waals surface area (Å²) in [6.45, 7) is 4.69. The molecule has 1 aliphatic heterocycles. The number of rotatable bonds is 2. The second-order valence-corrected chi connectivity index (χ2v) is 4.65. The number of aromatic nitrogens is 1. The molecule has 0 N–H and O–H groups in total. The van der Waals surface area contributed by atoms with Gasteiger partial charge < -0.3 is 4.90 Å². The van der Waals surface area contributed by atoms with Crippen LogP contribution in [-0.4, -0.2) is 30.0 Å². The third kappa shape index (κ3) is 2.05. The molecule has 1 aromatic rings. The Hall–Kier alpha value is -0.890. The number of likely N-dealkylation sites (tertiary alicyclic amines) is 1. The molecule has 0 spiro atoms. The van der Waals surface area contributed by atoms with E-state index in [2.05, 4.69) is 36.0 Å². The van der Waals surface area contributed by atoms with Crippen molar-refractivity contribution in [3.63, 3.8) is 0 Å². The van der Waals surface area contributed by atoms with Gasteiger partial charge in [0.15, 0.2) is 0 Å². The molecule has 0 bridgehead atoms. The fraction of sp³-hybridized carbons (Fsp3) is 0.615. The third-order valence-corrected chi connectivity index (χ3v) is 3.83. The highest BCUT2D eigenvalue weighted by Crippen LogP contribution is 2.36. The summed E-state index contributed by atoms with van der Waals surface area (Å²) in [5.74, 6) is 0. The molecule has 2 heterocycles. The largest absolute Gasteiger partial charge is 0.306 e. The molecule has 1 fully saturated rings. The van der Waals surface area contributed by atoms with Gasteiger partial charge in [-0.3, -0.25) is 4.98 Å². The summed E-state index contributed by atoms with van der Waals surface area (Å²) in [6.07, 6.45) is 5.62. The molecule has 1 aromatic heterocycles. The number of piperidine rings is 1. The summed E-state index contributed by atoms with van der Waals surface area (Å²) < 4.78 is 0. The van der Waals surface area contributed by atoms with Crippen LogP contribution in [0.25, 0.3) is 0 Å². The average Bonchev–Trinajstić information content (AvgIpc) is 2.32. The van der Waals surface area contributed by atoms with Crippen LogP contribution in [0.15, 0.2) is 24.4 Å². The highest BCUT2D eigenvalue weighted by molar-refractivity contribution is 5.18.